The standard InChI is InChI=1S/C25H22ClN3O3S/c1-16-5-8-19(27-23(30)15-33-21-9-6-18(26)7-10-21)12-22(16)32-14-20-13-24(31)29-11-3-4-17(2)25(29)28-20/h3-13H,14-15H2,1-2H3,(H,27,30). The van der Waals surface area contributed by atoms with Gasteiger partial charge < -0.3 is 10.1 Å². The molecule has 0 bridgehead atoms. The van der Waals surface area contributed by atoms with Crippen molar-refractivity contribution in [2.75, 3.05) is 11.1 Å². The fourth-order valence-electron chi connectivity index (χ4n) is 3.24. The van der Waals surface area contributed by atoms with Crippen LogP contribution in [0.1, 0.15) is 16.8 Å². The van der Waals surface area contributed by atoms with Crippen molar-refractivity contribution >= 4 is 40.6 Å². The van der Waals surface area contributed by atoms with Gasteiger partial charge in [-0.05, 0) is 61.4 Å². The van der Waals surface area contributed by atoms with Crippen molar-refractivity contribution in [1.29, 1.82) is 0 Å². The Morgan fingerprint density at radius 2 is 1.88 bits per heavy atom. The highest BCUT2D eigenvalue weighted by Crippen LogP contribution is 2.25. The lowest BCUT2D eigenvalue weighted by Crippen LogP contribution is -2.17. The Labute approximate surface area is 200 Å². The largest absolute Gasteiger partial charge is 0.487 e. The molecule has 2 heterocycles. The maximum atomic E-state index is 12.4. The number of halogens is 1. The number of amides is 1. The topological polar surface area (TPSA) is 72.7 Å². The molecule has 6 nitrogen and oxygen atoms in total. The molecule has 2 aromatic carbocycles. The van der Waals surface area contributed by atoms with Crippen molar-refractivity contribution in [3.8, 4) is 5.75 Å². The third-order valence-corrected chi connectivity index (χ3v) is 6.23. The number of thioether (sulfide) groups is 1. The first kappa shape index (κ1) is 22.9. The van der Waals surface area contributed by atoms with Crippen LogP contribution >= 0.6 is 23.4 Å². The van der Waals surface area contributed by atoms with Crippen LogP contribution in [0.5, 0.6) is 5.75 Å². The van der Waals surface area contributed by atoms with Crippen LogP contribution in [0.3, 0.4) is 0 Å². The van der Waals surface area contributed by atoms with Crippen LogP contribution in [-0.4, -0.2) is 21.0 Å². The fourth-order valence-corrected chi connectivity index (χ4v) is 4.07. The number of carbonyl (C=O) groups is 1. The number of hydrogen-bond donors (Lipinski definition) is 1. The van der Waals surface area contributed by atoms with Gasteiger partial charge in [0.25, 0.3) is 5.56 Å². The normalized spacial score (nSPS) is 10.9. The van der Waals surface area contributed by atoms with Crippen molar-refractivity contribution in [2.24, 2.45) is 0 Å². The number of hydrogen-bond acceptors (Lipinski definition) is 5. The second-order valence-corrected chi connectivity index (χ2v) is 9.02. The highest BCUT2D eigenvalue weighted by atomic mass is 35.5. The van der Waals surface area contributed by atoms with Crippen LogP contribution in [-0.2, 0) is 11.4 Å². The molecule has 1 amide bonds. The third-order valence-electron chi connectivity index (χ3n) is 4.97. The summed E-state index contributed by atoms with van der Waals surface area (Å²) in [5, 5.41) is 3.56. The van der Waals surface area contributed by atoms with Crippen LogP contribution in [0.25, 0.3) is 5.65 Å². The quantitative estimate of drug-likeness (QED) is 0.365. The van der Waals surface area contributed by atoms with Crippen LogP contribution in [0.4, 0.5) is 5.69 Å². The maximum Gasteiger partial charge on any atom is 0.258 e. The van der Waals surface area contributed by atoms with E-state index < -0.39 is 0 Å². The minimum absolute atomic E-state index is 0.121. The monoisotopic (exact) mass is 479 g/mol. The van der Waals surface area contributed by atoms with E-state index in [4.69, 9.17) is 16.3 Å². The predicted octanol–water partition coefficient (Wildman–Crippen LogP) is 5.27. The summed E-state index contributed by atoms with van der Waals surface area (Å²) < 4.78 is 7.47. The molecule has 0 atom stereocenters. The number of aryl methyl sites for hydroxylation is 2. The summed E-state index contributed by atoms with van der Waals surface area (Å²) in [7, 11) is 0. The molecule has 0 radical (unpaired) electrons. The van der Waals surface area contributed by atoms with E-state index in [2.05, 4.69) is 10.3 Å². The zero-order valence-corrected chi connectivity index (χ0v) is 19.7. The molecule has 4 rings (SSSR count). The number of fused-ring (bicyclic) bond motifs is 1. The van der Waals surface area contributed by atoms with E-state index in [1.165, 1.54) is 22.2 Å². The zero-order valence-electron chi connectivity index (χ0n) is 18.2. The lowest BCUT2D eigenvalue weighted by atomic mass is 10.2. The van der Waals surface area contributed by atoms with E-state index in [1.807, 2.05) is 50.2 Å². The number of pyridine rings is 1. The Morgan fingerprint density at radius 1 is 1.09 bits per heavy atom. The molecule has 0 aliphatic heterocycles. The Bertz CT molecular complexity index is 1370. The summed E-state index contributed by atoms with van der Waals surface area (Å²) in [6, 6.07) is 18.0. The van der Waals surface area contributed by atoms with E-state index in [1.54, 1.807) is 24.4 Å². The number of anilines is 1. The van der Waals surface area contributed by atoms with E-state index in [-0.39, 0.29) is 23.8 Å². The lowest BCUT2D eigenvalue weighted by molar-refractivity contribution is -0.113. The third kappa shape index (κ3) is 5.74. The molecule has 168 valence electrons. The van der Waals surface area contributed by atoms with Crippen molar-refractivity contribution in [3.63, 3.8) is 0 Å². The van der Waals surface area contributed by atoms with Gasteiger partial charge in [0, 0.05) is 33.9 Å². The van der Waals surface area contributed by atoms with Crippen molar-refractivity contribution in [2.45, 2.75) is 25.3 Å². The molecule has 0 saturated heterocycles. The van der Waals surface area contributed by atoms with Gasteiger partial charge in [-0.2, -0.15) is 0 Å². The summed E-state index contributed by atoms with van der Waals surface area (Å²) in [6.07, 6.45) is 1.70. The Balaban J connectivity index is 1.41. The molecule has 33 heavy (non-hydrogen) atoms. The summed E-state index contributed by atoms with van der Waals surface area (Å²) >= 11 is 7.33. The average molecular weight is 480 g/mol. The van der Waals surface area contributed by atoms with Crippen LogP contribution in [0.2, 0.25) is 5.02 Å². The minimum Gasteiger partial charge on any atom is -0.487 e. The van der Waals surface area contributed by atoms with Crippen molar-refractivity contribution in [3.05, 3.63) is 99.1 Å². The van der Waals surface area contributed by atoms with Gasteiger partial charge in [-0.1, -0.05) is 23.7 Å². The van der Waals surface area contributed by atoms with Gasteiger partial charge in [0.05, 0.1) is 11.4 Å². The SMILES string of the molecule is Cc1ccc(NC(=O)CSc2ccc(Cl)cc2)cc1OCc1cc(=O)n2cccc(C)c2n1. The number of rotatable bonds is 7. The second kappa shape index (κ2) is 10.1. The second-order valence-electron chi connectivity index (χ2n) is 7.53. The molecule has 1 N–H and O–H groups in total. The van der Waals surface area contributed by atoms with Gasteiger partial charge in [-0.3, -0.25) is 14.0 Å². The van der Waals surface area contributed by atoms with E-state index in [0.717, 1.165) is 16.0 Å². The van der Waals surface area contributed by atoms with Gasteiger partial charge in [0.2, 0.25) is 5.91 Å². The van der Waals surface area contributed by atoms with Gasteiger partial charge >= 0.3 is 0 Å². The summed E-state index contributed by atoms with van der Waals surface area (Å²) in [4.78, 5) is 30.3. The van der Waals surface area contributed by atoms with Crippen molar-refractivity contribution < 1.29 is 9.53 Å². The number of nitrogens with one attached hydrogen (secondary N) is 1. The molecule has 0 fully saturated rings. The number of benzene rings is 2. The Morgan fingerprint density at radius 3 is 2.67 bits per heavy atom. The number of ether oxygens (including phenoxy) is 1. The average Bonchev–Trinajstić information content (AvgIpc) is 2.80. The number of aromatic nitrogens is 2. The molecule has 0 aliphatic carbocycles. The molecular weight excluding hydrogens is 458 g/mol. The molecule has 0 aliphatic rings. The predicted molar refractivity (Wildman–Crippen MR) is 133 cm³/mol. The maximum absolute atomic E-state index is 12.4. The van der Waals surface area contributed by atoms with Gasteiger partial charge in [0.15, 0.2) is 0 Å². The summed E-state index contributed by atoms with van der Waals surface area (Å²) in [5.74, 6) is 0.769. The first-order chi connectivity index (χ1) is 15.9. The first-order valence-electron chi connectivity index (χ1n) is 10.3. The van der Waals surface area contributed by atoms with Crippen LogP contribution in [0, 0.1) is 13.8 Å². The molecule has 0 spiro atoms. The molecule has 0 saturated carbocycles. The van der Waals surface area contributed by atoms with Crippen LogP contribution in [0.15, 0.2) is 76.6 Å². The van der Waals surface area contributed by atoms with Gasteiger partial charge in [-0.15, -0.1) is 11.8 Å². The van der Waals surface area contributed by atoms with E-state index in [9.17, 15) is 9.59 Å². The Kier molecular flexibility index (Phi) is 7.01. The zero-order chi connectivity index (χ0) is 23.4. The highest BCUT2D eigenvalue weighted by molar-refractivity contribution is 8.00. The molecule has 4 aromatic rings. The van der Waals surface area contributed by atoms with Crippen LogP contribution < -0.4 is 15.6 Å². The molecule has 0 unspecified atom stereocenters. The number of carbonyl (C=O) groups excluding carboxylic acids is 1. The lowest BCUT2D eigenvalue weighted by Gasteiger charge is -2.12. The van der Waals surface area contributed by atoms with E-state index >= 15 is 0 Å². The van der Waals surface area contributed by atoms with E-state index in [0.29, 0.717) is 27.8 Å². The molecule has 2 aromatic heterocycles. The van der Waals surface area contributed by atoms with Gasteiger partial charge in [0.1, 0.15) is 18.0 Å². The highest BCUT2D eigenvalue weighted by Gasteiger charge is 2.09. The molecular formula is C25H22ClN3O3S. The first-order valence-corrected chi connectivity index (χ1v) is 11.6. The number of nitrogens with zero attached hydrogens (tertiary/aromatic N) is 2. The molecule has 8 heteroatoms. The minimum atomic E-state index is -0.154. The summed E-state index contributed by atoms with van der Waals surface area (Å²) in [5.41, 5.74) is 3.46. The summed E-state index contributed by atoms with van der Waals surface area (Å²) in [6.45, 7) is 3.98. The smallest absolute Gasteiger partial charge is 0.258 e. The fraction of sp³-hybridized carbons (Fsp3) is 0.160. The Hall–Kier alpha value is -3.29. The van der Waals surface area contributed by atoms with Gasteiger partial charge in [-0.25, -0.2) is 4.98 Å². The van der Waals surface area contributed by atoms with Crippen molar-refractivity contribution in [1.82, 2.24) is 9.38 Å².